The zero-order chi connectivity index (χ0) is 14.5. The summed E-state index contributed by atoms with van der Waals surface area (Å²) >= 11 is 6.21. The van der Waals surface area contributed by atoms with Crippen molar-refractivity contribution in [2.45, 2.75) is 13.5 Å². The lowest BCUT2D eigenvalue weighted by molar-refractivity contribution is 0.416. The topological polar surface area (TPSA) is 45.0 Å². The van der Waals surface area contributed by atoms with Crippen molar-refractivity contribution < 1.29 is 4.74 Å². The van der Waals surface area contributed by atoms with Crippen molar-refractivity contribution >= 4 is 17.3 Å². The molecule has 0 aliphatic heterocycles. The smallest absolute Gasteiger partial charge is 0.143 e. The van der Waals surface area contributed by atoms with E-state index in [1.54, 1.807) is 19.2 Å². The second-order valence-corrected chi connectivity index (χ2v) is 4.85. The molecule has 2 aromatic carbocycles. The number of benzene rings is 2. The van der Waals surface area contributed by atoms with Gasteiger partial charge >= 0.3 is 0 Å². The first-order chi connectivity index (χ1) is 9.65. The van der Waals surface area contributed by atoms with Crippen LogP contribution >= 0.6 is 11.6 Å². The van der Waals surface area contributed by atoms with Crippen LogP contribution in [0.5, 0.6) is 5.75 Å². The van der Waals surface area contributed by atoms with Crippen LogP contribution in [0.4, 0.5) is 5.69 Å². The second-order valence-electron chi connectivity index (χ2n) is 4.44. The van der Waals surface area contributed by atoms with Crippen LogP contribution in [0.25, 0.3) is 0 Å². The Labute approximate surface area is 123 Å². The number of methoxy groups -OCH3 is 1. The van der Waals surface area contributed by atoms with E-state index < -0.39 is 0 Å². The molecule has 102 valence electrons. The molecule has 0 aromatic heterocycles. The summed E-state index contributed by atoms with van der Waals surface area (Å²) in [5.41, 5.74) is 3.34. The molecule has 2 rings (SSSR count). The van der Waals surface area contributed by atoms with Gasteiger partial charge in [-0.3, -0.25) is 0 Å². The van der Waals surface area contributed by atoms with Gasteiger partial charge in [-0.15, -0.1) is 0 Å². The van der Waals surface area contributed by atoms with Gasteiger partial charge in [-0.05, 0) is 36.2 Å². The minimum Gasteiger partial charge on any atom is -0.495 e. The molecule has 0 aliphatic rings. The molecule has 4 heteroatoms. The predicted octanol–water partition coefficient (Wildman–Crippen LogP) is 4.14. The van der Waals surface area contributed by atoms with Crippen LogP contribution in [0.2, 0.25) is 5.02 Å². The molecule has 0 aliphatic carbocycles. The molecule has 0 saturated heterocycles. The highest BCUT2D eigenvalue weighted by Gasteiger charge is 2.09. The summed E-state index contributed by atoms with van der Waals surface area (Å²) in [6.07, 6.45) is 0. The summed E-state index contributed by atoms with van der Waals surface area (Å²) < 4.78 is 5.28. The zero-order valence-electron chi connectivity index (χ0n) is 11.4. The van der Waals surface area contributed by atoms with E-state index >= 15 is 0 Å². The quantitative estimate of drug-likeness (QED) is 0.919. The molecule has 2 aromatic rings. The van der Waals surface area contributed by atoms with Crippen molar-refractivity contribution in [2.75, 3.05) is 12.4 Å². The van der Waals surface area contributed by atoms with Gasteiger partial charge in [0.1, 0.15) is 11.8 Å². The summed E-state index contributed by atoms with van der Waals surface area (Å²) in [5, 5.41) is 13.1. The Kier molecular flexibility index (Phi) is 4.49. The molecule has 3 nitrogen and oxygen atoms in total. The number of hydrogen-bond donors (Lipinski definition) is 1. The first kappa shape index (κ1) is 14.2. The fourth-order valence-electron chi connectivity index (χ4n) is 1.96. The number of nitrogens with zero attached hydrogens (tertiary/aromatic N) is 1. The summed E-state index contributed by atoms with van der Waals surface area (Å²) in [5.74, 6) is 0.646. The van der Waals surface area contributed by atoms with Gasteiger partial charge in [0, 0.05) is 11.6 Å². The van der Waals surface area contributed by atoms with E-state index in [0.717, 1.165) is 11.1 Å². The van der Waals surface area contributed by atoms with Gasteiger partial charge in [0.05, 0.1) is 18.4 Å². The van der Waals surface area contributed by atoms with Crippen LogP contribution in [-0.2, 0) is 6.54 Å². The van der Waals surface area contributed by atoms with Crippen LogP contribution in [0, 0.1) is 18.3 Å². The third kappa shape index (κ3) is 3.04. The Morgan fingerprint density at radius 1 is 1.30 bits per heavy atom. The number of nitrogens with one attached hydrogen (secondary N) is 1. The fourth-order valence-corrected chi connectivity index (χ4v) is 2.26. The molecular weight excluding hydrogens is 272 g/mol. The first-order valence-corrected chi connectivity index (χ1v) is 6.59. The average Bonchev–Trinajstić information content (AvgIpc) is 2.46. The van der Waals surface area contributed by atoms with Gasteiger partial charge in [0.15, 0.2) is 0 Å². The summed E-state index contributed by atoms with van der Waals surface area (Å²) in [4.78, 5) is 0. The highest BCUT2D eigenvalue weighted by molar-refractivity contribution is 6.31. The Bertz CT molecular complexity index is 662. The van der Waals surface area contributed by atoms with Gasteiger partial charge in [-0.1, -0.05) is 29.8 Å². The Hall–Kier alpha value is -2.18. The number of para-hydroxylation sites is 1. The first-order valence-electron chi connectivity index (χ1n) is 6.21. The number of rotatable bonds is 4. The lowest BCUT2D eigenvalue weighted by Gasteiger charge is -2.13. The van der Waals surface area contributed by atoms with E-state index in [1.165, 1.54) is 0 Å². The maximum absolute atomic E-state index is 9.15. The predicted molar refractivity (Wildman–Crippen MR) is 81.2 cm³/mol. The molecule has 0 fully saturated rings. The van der Waals surface area contributed by atoms with E-state index in [-0.39, 0.29) is 0 Å². The minimum absolute atomic E-state index is 0.536. The zero-order valence-corrected chi connectivity index (χ0v) is 12.2. The SMILES string of the molecule is COc1cccc(C#N)c1NCc1ccc(C)cc1Cl. The van der Waals surface area contributed by atoms with Crippen molar-refractivity contribution in [1.82, 2.24) is 0 Å². The number of hydrogen-bond acceptors (Lipinski definition) is 3. The fraction of sp³-hybridized carbons (Fsp3) is 0.188. The van der Waals surface area contributed by atoms with E-state index in [1.807, 2.05) is 31.2 Å². The molecule has 0 amide bonds. The van der Waals surface area contributed by atoms with Gasteiger partial charge in [-0.2, -0.15) is 5.26 Å². The highest BCUT2D eigenvalue weighted by Crippen LogP contribution is 2.29. The lowest BCUT2D eigenvalue weighted by atomic mass is 10.1. The third-order valence-corrected chi connectivity index (χ3v) is 3.38. The molecule has 0 spiro atoms. The maximum Gasteiger partial charge on any atom is 0.143 e. The molecular formula is C16H15ClN2O. The van der Waals surface area contributed by atoms with E-state index in [2.05, 4.69) is 11.4 Å². The second kappa shape index (κ2) is 6.31. The van der Waals surface area contributed by atoms with Crippen LogP contribution in [0.3, 0.4) is 0 Å². The minimum atomic E-state index is 0.536. The van der Waals surface area contributed by atoms with Crippen molar-refractivity contribution in [3.63, 3.8) is 0 Å². The number of halogens is 1. The highest BCUT2D eigenvalue weighted by atomic mass is 35.5. The van der Waals surface area contributed by atoms with Crippen molar-refractivity contribution in [1.29, 1.82) is 5.26 Å². The standard InChI is InChI=1S/C16H15ClN2O/c1-11-6-7-13(14(17)8-11)10-19-16-12(9-18)4-3-5-15(16)20-2/h3-8,19H,10H2,1-2H3. The van der Waals surface area contributed by atoms with Gasteiger partial charge in [0.2, 0.25) is 0 Å². The monoisotopic (exact) mass is 286 g/mol. The van der Waals surface area contributed by atoms with Crippen LogP contribution in [0.15, 0.2) is 36.4 Å². The molecule has 0 unspecified atom stereocenters. The summed E-state index contributed by atoms with van der Waals surface area (Å²) in [6.45, 7) is 2.53. The molecule has 0 heterocycles. The van der Waals surface area contributed by atoms with E-state index in [4.69, 9.17) is 21.6 Å². The van der Waals surface area contributed by atoms with Crippen molar-refractivity contribution in [3.05, 3.63) is 58.1 Å². The van der Waals surface area contributed by atoms with E-state index in [0.29, 0.717) is 28.6 Å². The number of nitriles is 1. The number of aryl methyl sites for hydroxylation is 1. The van der Waals surface area contributed by atoms with Gasteiger partial charge < -0.3 is 10.1 Å². The van der Waals surface area contributed by atoms with Gasteiger partial charge in [0.25, 0.3) is 0 Å². The molecule has 0 atom stereocenters. The molecule has 0 radical (unpaired) electrons. The number of anilines is 1. The van der Waals surface area contributed by atoms with E-state index in [9.17, 15) is 0 Å². The molecule has 1 N–H and O–H groups in total. The largest absolute Gasteiger partial charge is 0.495 e. The lowest BCUT2D eigenvalue weighted by Crippen LogP contribution is -2.04. The average molecular weight is 287 g/mol. The Balaban J connectivity index is 2.25. The van der Waals surface area contributed by atoms with Crippen molar-refractivity contribution in [3.8, 4) is 11.8 Å². The van der Waals surface area contributed by atoms with Crippen LogP contribution < -0.4 is 10.1 Å². The molecule has 0 saturated carbocycles. The normalized spacial score (nSPS) is 9.90. The third-order valence-electron chi connectivity index (χ3n) is 3.03. The van der Waals surface area contributed by atoms with Crippen LogP contribution in [0.1, 0.15) is 16.7 Å². The maximum atomic E-state index is 9.15. The van der Waals surface area contributed by atoms with Crippen molar-refractivity contribution in [2.24, 2.45) is 0 Å². The summed E-state index contributed by atoms with van der Waals surface area (Å²) in [7, 11) is 1.58. The van der Waals surface area contributed by atoms with Gasteiger partial charge in [-0.25, -0.2) is 0 Å². The summed E-state index contributed by atoms with van der Waals surface area (Å²) in [6, 6.07) is 13.4. The Morgan fingerprint density at radius 2 is 2.10 bits per heavy atom. The number of ether oxygens (including phenoxy) is 1. The molecule has 20 heavy (non-hydrogen) atoms. The van der Waals surface area contributed by atoms with Crippen LogP contribution in [-0.4, -0.2) is 7.11 Å². The molecule has 0 bridgehead atoms. The Morgan fingerprint density at radius 3 is 2.75 bits per heavy atom.